The Bertz CT molecular complexity index is 913. The summed E-state index contributed by atoms with van der Waals surface area (Å²) in [5.41, 5.74) is 2.27. The number of hydrogen-bond donors (Lipinski definition) is 1. The van der Waals surface area contributed by atoms with E-state index in [1.54, 1.807) is 6.92 Å². The van der Waals surface area contributed by atoms with Crippen LogP contribution in [0.5, 0.6) is 0 Å². The zero-order valence-corrected chi connectivity index (χ0v) is 15.6. The summed E-state index contributed by atoms with van der Waals surface area (Å²) in [5, 5.41) is 20.3. The van der Waals surface area contributed by atoms with Crippen molar-refractivity contribution >= 4 is 29.3 Å². The predicted molar refractivity (Wildman–Crippen MR) is 102 cm³/mol. The van der Waals surface area contributed by atoms with Crippen LogP contribution in [0, 0.1) is 24.0 Å². The molecule has 8 heteroatoms. The molecule has 140 valence electrons. The summed E-state index contributed by atoms with van der Waals surface area (Å²) < 4.78 is 0. The van der Waals surface area contributed by atoms with Gasteiger partial charge in [-0.05, 0) is 25.5 Å². The first kappa shape index (κ1) is 18.9. The molecule has 1 saturated heterocycles. The molecule has 0 aliphatic carbocycles. The van der Waals surface area contributed by atoms with Crippen molar-refractivity contribution in [1.29, 1.82) is 0 Å². The summed E-state index contributed by atoms with van der Waals surface area (Å²) in [6, 6.07) is 10.8. The van der Waals surface area contributed by atoms with Crippen LogP contribution < -0.4 is 0 Å². The van der Waals surface area contributed by atoms with Gasteiger partial charge in [-0.2, -0.15) is 0 Å². The molecular formula is C19H18N2O5S. The van der Waals surface area contributed by atoms with E-state index >= 15 is 0 Å². The third kappa shape index (κ3) is 3.66. The van der Waals surface area contributed by atoms with Crippen LogP contribution >= 0.6 is 11.8 Å². The van der Waals surface area contributed by atoms with Gasteiger partial charge in [-0.1, -0.05) is 35.9 Å². The number of amides is 1. The van der Waals surface area contributed by atoms with Crippen LogP contribution in [0.4, 0.5) is 5.69 Å². The number of benzene rings is 2. The van der Waals surface area contributed by atoms with Crippen LogP contribution in [0.3, 0.4) is 0 Å². The van der Waals surface area contributed by atoms with Crippen LogP contribution in [0.15, 0.2) is 42.5 Å². The van der Waals surface area contributed by atoms with Crippen LogP contribution in [0.2, 0.25) is 0 Å². The molecule has 1 heterocycles. The standard InChI is InChI=1S/C19H18N2O5S/c1-11-3-6-13(7-4-11)18-20(16(10-27-18)19(23)24)17(22)14-8-5-12(2)15(9-14)21(25)26/h3-9,16,18H,10H2,1-2H3,(H,23,24). The molecule has 27 heavy (non-hydrogen) atoms. The second-order valence-electron chi connectivity index (χ2n) is 6.42. The Morgan fingerprint density at radius 1 is 1.19 bits per heavy atom. The summed E-state index contributed by atoms with van der Waals surface area (Å²) >= 11 is 1.37. The first-order valence-electron chi connectivity index (χ1n) is 8.28. The minimum atomic E-state index is -1.09. The van der Waals surface area contributed by atoms with E-state index in [9.17, 15) is 24.8 Å². The van der Waals surface area contributed by atoms with Crippen molar-refractivity contribution in [3.8, 4) is 0 Å². The monoisotopic (exact) mass is 386 g/mol. The molecule has 0 spiro atoms. The number of carboxylic acids is 1. The van der Waals surface area contributed by atoms with Crippen molar-refractivity contribution < 1.29 is 19.6 Å². The van der Waals surface area contributed by atoms with E-state index < -0.39 is 28.2 Å². The second-order valence-corrected chi connectivity index (χ2v) is 7.53. The van der Waals surface area contributed by atoms with Crippen LogP contribution in [0.1, 0.15) is 32.4 Å². The van der Waals surface area contributed by atoms with Gasteiger partial charge in [0, 0.05) is 22.9 Å². The molecule has 2 atom stereocenters. The number of aryl methyl sites for hydroxylation is 2. The average molecular weight is 386 g/mol. The molecule has 0 saturated carbocycles. The number of carboxylic acid groups (broad SMARTS) is 1. The Morgan fingerprint density at radius 3 is 2.44 bits per heavy atom. The molecule has 2 aromatic rings. The molecule has 3 rings (SSSR count). The number of carbonyl (C=O) groups is 2. The molecule has 1 amide bonds. The van der Waals surface area contributed by atoms with Crippen molar-refractivity contribution in [2.75, 3.05) is 5.75 Å². The van der Waals surface area contributed by atoms with Crippen molar-refractivity contribution in [3.63, 3.8) is 0 Å². The van der Waals surface area contributed by atoms with E-state index in [1.807, 2.05) is 31.2 Å². The van der Waals surface area contributed by atoms with Gasteiger partial charge in [-0.15, -0.1) is 11.8 Å². The maximum absolute atomic E-state index is 13.1. The smallest absolute Gasteiger partial charge is 0.327 e. The largest absolute Gasteiger partial charge is 0.480 e. The maximum atomic E-state index is 13.1. The fourth-order valence-corrected chi connectivity index (χ4v) is 4.44. The van der Waals surface area contributed by atoms with E-state index in [0.29, 0.717) is 5.56 Å². The van der Waals surface area contributed by atoms with Crippen molar-refractivity contribution in [1.82, 2.24) is 4.90 Å². The lowest BCUT2D eigenvalue weighted by Crippen LogP contribution is -2.43. The molecular weight excluding hydrogens is 368 g/mol. The fourth-order valence-electron chi connectivity index (χ4n) is 3.02. The third-order valence-electron chi connectivity index (χ3n) is 4.54. The summed E-state index contributed by atoms with van der Waals surface area (Å²) in [4.78, 5) is 36.8. The summed E-state index contributed by atoms with van der Waals surface area (Å²) in [6.45, 7) is 3.53. The molecule has 1 fully saturated rings. The normalized spacial score (nSPS) is 19.1. The lowest BCUT2D eigenvalue weighted by atomic mass is 10.1. The number of hydrogen-bond acceptors (Lipinski definition) is 5. The Hall–Kier alpha value is -2.87. The van der Waals surface area contributed by atoms with E-state index in [1.165, 1.54) is 34.9 Å². The van der Waals surface area contributed by atoms with Crippen molar-refractivity contribution in [2.45, 2.75) is 25.3 Å². The molecule has 1 aliphatic heterocycles. The van der Waals surface area contributed by atoms with Gasteiger partial charge in [0.05, 0.1) is 4.92 Å². The van der Waals surface area contributed by atoms with Crippen LogP contribution in [-0.4, -0.2) is 38.6 Å². The van der Waals surface area contributed by atoms with Crippen molar-refractivity contribution in [2.24, 2.45) is 0 Å². The van der Waals surface area contributed by atoms with E-state index in [4.69, 9.17) is 0 Å². The topological polar surface area (TPSA) is 101 Å². The third-order valence-corrected chi connectivity index (χ3v) is 5.86. The summed E-state index contributed by atoms with van der Waals surface area (Å²) in [5.74, 6) is -1.36. The quantitative estimate of drug-likeness (QED) is 0.637. The zero-order chi connectivity index (χ0) is 19.7. The van der Waals surface area contributed by atoms with Crippen LogP contribution in [-0.2, 0) is 4.79 Å². The number of thioether (sulfide) groups is 1. The minimum Gasteiger partial charge on any atom is -0.480 e. The SMILES string of the molecule is Cc1ccc(C2SCC(C(=O)O)N2C(=O)c2ccc(C)c([N+](=O)[O-])c2)cc1. The van der Waals surface area contributed by atoms with Crippen LogP contribution in [0.25, 0.3) is 0 Å². The van der Waals surface area contributed by atoms with Gasteiger partial charge in [0.2, 0.25) is 0 Å². The number of nitrogens with zero attached hydrogens (tertiary/aromatic N) is 2. The number of rotatable bonds is 4. The molecule has 0 bridgehead atoms. The Kier molecular flexibility index (Phi) is 5.18. The molecule has 2 unspecified atom stereocenters. The number of aliphatic carboxylic acids is 1. The molecule has 1 N–H and O–H groups in total. The molecule has 0 radical (unpaired) electrons. The minimum absolute atomic E-state index is 0.109. The second kappa shape index (κ2) is 7.40. The van der Waals surface area contributed by atoms with Gasteiger partial charge >= 0.3 is 5.97 Å². The van der Waals surface area contributed by atoms with Gasteiger partial charge in [0.15, 0.2) is 0 Å². The Labute approximate surface area is 160 Å². The lowest BCUT2D eigenvalue weighted by Gasteiger charge is -2.28. The fraction of sp³-hybridized carbons (Fsp3) is 0.263. The molecule has 1 aliphatic rings. The molecule has 0 aromatic heterocycles. The highest BCUT2D eigenvalue weighted by Gasteiger charge is 2.42. The highest BCUT2D eigenvalue weighted by molar-refractivity contribution is 7.99. The Morgan fingerprint density at radius 2 is 1.85 bits per heavy atom. The van der Waals surface area contributed by atoms with E-state index in [2.05, 4.69) is 0 Å². The highest BCUT2D eigenvalue weighted by atomic mass is 32.2. The van der Waals surface area contributed by atoms with E-state index in [-0.39, 0.29) is 17.0 Å². The molecule has 7 nitrogen and oxygen atoms in total. The number of nitro benzene ring substituents is 1. The van der Waals surface area contributed by atoms with Gasteiger partial charge in [-0.3, -0.25) is 14.9 Å². The van der Waals surface area contributed by atoms with E-state index in [0.717, 1.165) is 11.1 Å². The zero-order valence-electron chi connectivity index (χ0n) is 14.8. The average Bonchev–Trinajstić information content (AvgIpc) is 3.07. The maximum Gasteiger partial charge on any atom is 0.327 e. The first-order valence-corrected chi connectivity index (χ1v) is 9.33. The van der Waals surface area contributed by atoms with Gasteiger partial charge in [0.1, 0.15) is 11.4 Å². The number of nitro groups is 1. The van der Waals surface area contributed by atoms with Gasteiger partial charge < -0.3 is 10.0 Å². The first-order chi connectivity index (χ1) is 12.8. The Balaban J connectivity index is 2.02. The predicted octanol–water partition coefficient (Wildman–Crippen LogP) is 3.55. The highest BCUT2D eigenvalue weighted by Crippen LogP contribution is 2.42. The summed E-state index contributed by atoms with van der Waals surface area (Å²) in [6.07, 6.45) is 0. The molecule has 2 aromatic carbocycles. The van der Waals surface area contributed by atoms with Gasteiger partial charge in [0.25, 0.3) is 11.6 Å². The summed E-state index contributed by atoms with van der Waals surface area (Å²) in [7, 11) is 0. The van der Waals surface area contributed by atoms with Gasteiger partial charge in [-0.25, -0.2) is 4.79 Å². The lowest BCUT2D eigenvalue weighted by molar-refractivity contribution is -0.385. The van der Waals surface area contributed by atoms with Crippen molar-refractivity contribution in [3.05, 3.63) is 74.8 Å². The number of carbonyl (C=O) groups excluding carboxylic acids is 1.